The van der Waals surface area contributed by atoms with E-state index in [1.807, 2.05) is 73.7 Å². The summed E-state index contributed by atoms with van der Waals surface area (Å²) in [5.74, 6) is 0.0867. The first-order valence-corrected chi connectivity index (χ1v) is 13.9. The van der Waals surface area contributed by atoms with Crippen LogP contribution in [-0.2, 0) is 20.9 Å². The summed E-state index contributed by atoms with van der Waals surface area (Å²) in [4.78, 5) is 50.3. The monoisotopic (exact) mass is 555 g/mol. The van der Waals surface area contributed by atoms with E-state index in [-0.39, 0.29) is 18.2 Å². The second-order valence-corrected chi connectivity index (χ2v) is 10.4. The van der Waals surface area contributed by atoms with Crippen LogP contribution in [0.4, 0.5) is 11.4 Å². The van der Waals surface area contributed by atoms with E-state index >= 15 is 0 Å². The average Bonchev–Trinajstić information content (AvgIpc) is 3.31. The molecule has 0 fully saturated rings. The van der Waals surface area contributed by atoms with Gasteiger partial charge in [-0.15, -0.1) is 0 Å². The number of benzene rings is 3. The van der Waals surface area contributed by atoms with Crippen LogP contribution in [0.5, 0.6) is 5.75 Å². The number of amidine groups is 2. The Morgan fingerprint density at radius 2 is 1.73 bits per heavy atom. The molecule has 0 saturated carbocycles. The minimum atomic E-state index is -0.861. The van der Waals surface area contributed by atoms with E-state index in [0.717, 1.165) is 5.56 Å². The van der Waals surface area contributed by atoms with E-state index in [9.17, 15) is 14.4 Å². The van der Waals surface area contributed by atoms with Gasteiger partial charge in [-0.3, -0.25) is 19.3 Å². The molecule has 3 amide bonds. The first kappa shape index (κ1) is 27.1. The lowest BCUT2D eigenvalue weighted by Crippen LogP contribution is -2.46. The number of amides is 3. The second kappa shape index (κ2) is 12.2. The zero-order valence-electron chi connectivity index (χ0n) is 22.2. The highest BCUT2D eigenvalue weighted by atomic mass is 32.2. The third-order valence-electron chi connectivity index (χ3n) is 6.60. The largest absolute Gasteiger partial charge is 0.495 e. The summed E-state index contributed by atoms with van der Waals surface area (Å²) in [6, 6.07) is 23.3. The van der Waals surface area contributed by atoms with Crippen LogP contribution in [0.15, 0.2) is 88.8 Å². The number of ether oxygens (including phenoxy) is 1. The molecule has 2 N–H and O–H groups in total. The molecule has 204 valence electrons. The van der Waals surface area contributed by atoms with Crippen molar-refractivity contribution in [2.75, 3.05) is 12.4 Å². The van der Waals surface area contributed by atoms with Gasteiger partial charge in [-0.25, -0.2) is 4.99 Å². The van der Waals surface area contributed by atoms with Gasteiger partial charge in [-0.2, -0.15) is 4.99 Å². The average molecular weight is 556 g/mol. The number of nitrogens with one attached hydrogen (secondary N) is 2. The summed E-state index contributed by atoms with van der Waals surface area (Å²) in [7, 11) is 1.55. The molecule has 2 atom stereocenters. The maximum Gasteiger partial charge on any atom is 0.271 e. The quantitative estimate of drug-likeness (QED) is 0.402. The van der Waals surface area contributed by atoms with E-state index in [1.165, 1.54) is 11.8 Å². The Balaban J connectivity index is 1.37. The third-order valence-corrected chi connectivity index (χ3v) is 7.93. The molecule has 0 spiro atoms. The van der Waals surface area contributed by atoms with Crippen molar-refractivity contribution in [2.24, 2.45) is 9.98 Å². The molecule has 10 heteroatoms. The number of methoxy groups -OCH3 is 1. The molecule has 2 aliphatic rings. The lowest BCUT2D eigenvalue weighted by Gasteiger charge is -2.32. The standard InChI is InChI=1S/C30H29N5O4S/c1-3-25(29(38)32-22-15-9-10-16-24(22)39-2)40-30-33-21-14-8-7-13-20(21)27-34-28(37)23(35(27)30)17-26(36)31-18-19-11-5-4-6-12-19/h4-16,23,25H,3,17-18H2,1-2H3,(H,31,36)(H,32,38). The van der Waals surface area contributed by atoms with E-state index in [2.05, 4.69) is 15.6 Å². The Morgan fingerprint density at radius 1 is 1.00 bits per heavy atom. The molecule has 9 nitrogen and oxygen atoms in total. The van der Waals surface area contributed by atoms with Gasteiger partial charge in [0.2, 0.25) is 11.8 Å². The van der Waals surface area contributed by atoms with Crippen LogP contribution < -0.4 is 15.4 Å². The summed E-state index contributed by atoms with van der Waals surface area (Å²) in [6.07, 6.45) is 0.410. The summed E-state index contributed by atoms with van der Waals surface area (Å²) in [5.41, 5.74) is 2.89. The number of hydrogen-bond acceptors (Lipinski definition) is 7. The number of fused-ring (bicyclic) bond motifs is 3. The van der Waals surface area contributed by atoms with Gasteiger partial charge in [0, 0.05) is 12.1 Å². The molecule has 0 aromatic heterocycles. The smallest absolute Gasteiger partial charge is 0.271 e. The predicted octanol–water partition coefficient (Wildman–Crippen LogP) is 4.51. The van der Waals surface area contributed by atoms with Crippen LogP contribution in [0.1, 0.15) is 30.9 Å². The van der Waals surface area contributed by atoms with Crippen LogP contribution >= 0.6 is 11.8 Å². The number of rotatable bonds is 9. The van der Waals surface area contributed by atoms with E-state index in [4.69, 9.17) is 9.73 Å². The Hall–Kier alpha value is -4.44. The van der Waals surface area contributed by atoms with Crippen LogP contribution in [0, 0.1) is 0 Å². The van der Waals surface area contributed by atoms with Crippen molar-refractivity contribution in [1.82, 2.24) is 10.2 Å². The summed E-state index contributed by atoms with van der Waals surface area (Å²) < 4.78 is 5.37. The lowest BCUT2D eigenvalue weighted by molar-refractivity contribution is -0.126. The van der Waals surface area contributed by atoms with Gasteiger partial charge >= 0.3 is 0 Å². The molecule has 0 radical (unpaired) electrons. The van der Waals surface area contributed by atoms with Crippen molar-refractivity contribution in [1.29, 1.82) is 0 Å². The lowest BCUT2D eigenvalue weighted by atomic mass is 10.1. The fraction of sp³-hybridized carbons (Fsp3) is 0.233. The van der Waals surface area contributed by atoms with Crippen LogP contribution in [0.3, 0.4) is 0 Å². The van der Waals surface area contributed by atoms with E-state index in [0.29, 0.717) is 46.7 Å². The molecule has 2 aliphatic heterocycles. The van der Waals surface area contributed by atoms with Crippen LogP contribution in [0.25, 0.3) is 0 Å². The number of nitrogens with zero attached hydrogens (tertiary/aromatic N) is 3. The summed E-state index contributed by atoms with van der Waals surface area (Å²) in [5, 5.41) is 5.76. The molecule has 40 heavy (non-hydrogen) atoms. The molecule has 3 aromatic rings. The Kier molecular flexibility index (Phi) is 8.26. The number of aliphatic imine (C=N–C) groups is 2. The topological polar surface area (TPSA) is 112 Å². The predicted molar refractivity (Wildman–Crippen MR) is 157 cm³/mol. The van der Waals surface area contributed by atoms with Gasteiger partial charge in [0.25, 0.3) is 5.91 Å². The minimum Gasteiger partial charge on any atom is -0.495 e. The maximum absolute atomic E-state index is 13.3. The highest BCUT2D eigenvalue weighted by molar-refractivity contribution is 8.15. The number of carbonyl (C=O) groups excluding carboxylic acids is 3. The van der Waals surface area contributed by atoms with Gasteiger partial charge in [0.15, 0.2) is 5.17 Å². The summed E-state index contributed by atoms with van der Waals surface area (Å²) >= 11 is 1.25. The molecule has 2 unspecified atom stereocenters. The van der Waals surface area contributed by atoms with E-state index in [1.54, 1.807) is 24.1 Å². The molecule has 3 aromatic carbocycles. The molecular weight excluding hydrogens is 526 g/mol. The van der Waals surface area contributed by atoms with Gasteiger partial charge in [-0.1, -0.05) is 73.3 Å². The van der Waals surface area contributed by atoms with Crippen molar-refractivity contribution in [3.63, 3.8) is 0 Å². The van der Waals surface area contributed by atoms with Gasteiger partial charge in [0.1, 0.15) is 17.6 Å². The van der Waals surface area contributed by atoms with Crippen LogP contribution in [-0.4, -0.2) is 52.0 Å². The van der Waals surface area contributed by atoms with Crippen molar-refractivity contribution < 1.29 is 19.1 Å². The minimum absolute atomic E-state index is 0.0926. The molecule has 0 saturated heterocycles. The molecule has 2 heterocycles. The molecule has 0 bridgehead atoms. The van der Waals surface area contributed by atoms with Crippen molar-refractivity contribution in [3.8, 4) is 5.75 Å². The molecule has 0 aliphatic carbocycles. The van der Waals surface area contributed by atoms with Gasteiger partial charge in [0.05, 0.1) is 30.2 Å². The number of hydrogen-bond donors (Lipinski definition) is 2. The van der Waals surface area contributed by atoms with Crippen molar-refractivity contribution in [2.45, 2.75) is 37.6 Å². The fourth-order valence-corrected chi connectivity index (χ4v) is 5.60. The highest BCUT2D eigenvalue weighted by Crippen LogP contribution is 2.37. The van der Waals surface area contributed by atoms with E-state index < -0.39 is 17.2 Å². The first-order chi connectivity index (χ1) is 19.5. The zero-order chi connectivity index (χ0) is 28.1. The molecular formula is C30H29N5O4S. The fourth-order valence-electron chi connectivity index (χ4n) is 4.54. The Bertz CT molecular complexity index is 1490. The van der Waals surface area contributed by atoms with Gasteiger partial charge < -0.3 is 15.4 Å². The number of anilines is 1. The SMILES string of the molecule is CCC(SC1=Nc2ccccc2C2=NC(=O)C(CC(=O)NCc3ccccc3)N12)C(=O)Nc1ccccc1OC. The first-order valence-electron chi connectivity index (χ1n) is 13.0. The van der Waals surface area contributed by atoms with Crippen LogP contribution in [0.2, 0.25) is 0 Å². The number of carbonyl (C=O) groups is 3. The Morgan fingerprint density at radius 3 is 2.50 bits per heavy atom. The maximum atomic E-state index is 13.3. The normalized spacial score (nSPS) is 16.3. The number of thioether (sulfide) groups is 1. The molecule has 5 rings (SSSR count). The third kappa shape index (κ3) is 5.76. The highest BCUT2D eigenvalue weighted by Gasteiger charge is 2.43. The zero-order valence-corrected chi connectivity index (χ0v) is 23.0. The Labute approximate surface area is 236 Å². The van der Waals surface area contributed by atoms with Gasteiger partial charge in [-0.05, 0) is 36.2 Å². The second-order valence-electron chi connectivity index (χ2n) is 9.24. The summed E-state index contributed by atoms with van der Waals surface area (Å²) in [6.45, 7) is 2.27. The number of para-hydroxylation sites is 3. The van der Waals surface area contributed by atoms with Crippen molar-refractivity contribution in [3.05, 3.63) is 90.0 Å². The van der Waals surface area contributed by atoms with Crippen molar-refractivity contribution >= 4 is 51.9 Å².